The molecule has 1 saturated carbocycles. The molecule has 0 saturated heterocycles. The van der Waals surface area contributed by atoms with Crippen molar-refractivity contribution in [2.45, 2.75) is 38.2 Å². The van der Waals surface area contributed by atoms with Crippen LogP contribution in [0.4, 0.5) is 9.59 Å². The van der Waals surface area contributed by atoms with E-state index >= 15 is 0 Å². The lowest BCUT2D eigenvalue weighted by Gasteiger charge is -2.21. The average Bonchev–Trinajstić information content (AvgIpc) is 2.04. The molecule has 0 atom stereocenters. The van der Waals surface area contributed by atoms with Crippen molar-refractivity contribution in [1.29, 1.82) is 0 Å². The molecule has 0 aromatic rings. The van der Waals surface area contributed by atoms with Gasteiger partial charge in [0.15, 0.2) is 0 Å². The highest BCUT2D eigenvalue weighted by atomic mass is 16.6. The van der Waals surface area contributed by atoms with Gasteiger partial charge < -0.3 is 9.84 Å². The van der Waals surface area contributed by atoms with Crippen LogP contribution in [0.3, 0.4) is 0 Å². The van der Waals surface area contributed by atoms with E-state index in [2.05, 4.69) is 0 Å². The number of carbonyl (C=O) groups is 2. The van der Waals surface area contributed by atoms with Gasteiger partial charge in [0.1, 0.15) is 6.10 Å². The number of amides is 2. The molecule has 0 aliphatic heterocycles. The van der Waals surface area contributed by atoms with Crippen molar-refractivity contribution < 1.29 is 19.4 Å². The number of rotatable bonds is 1. The minimum Gasteiger partial charge on any atom is -0.465 e. The predicted molar refractivity (Wildman–Crippen MR) is 44.5 cm³/mol. The molecule has 5 nitrogen and oxygen atoms in total. The topological polar surface area (TPSA) is 75.6 Å². The minimum absolute atomic E-state index is 0.104. The first-order valence-electron chi connectivity index (χ1n) is 4.39. The maximum atomic E-state index is 10.8. The van der Waals surface area contributed by atoms with Crippen molar-refractivity contribution in [1.82, 2.24) is 5.32 Å². The van der Waals surface area contributed by atoms with E-state index < -0.39 is 12.2 Å². The maximum absolute atomic E-state index is 10.8. The molecule has 5 heteroatoms. The fraction of sp³-hybridized carbons (Fsp3) is 0.750. The molecule has 74 valence electrons. The molecule has 0 aromatic carbocycles. The third kappa shape index (κ3) is 3.78. The van der Waals surface area contributed by atoms with E-state index in [1.807, 2.05) is 0 Å². The summed E-state index contributed by atoms with van der Waals surface area (Å²) in [6, 6.07) is 0. The molecule has 1 aliphatic carbocycles. The van der Waals surface area contributed by atoms with Crippen LogP contribution in [-0.2, 0) is 4.74 Å². The van der Waals surface area contributed by atoms with Gasteiger partial charge in [-0.05, 0) is 25.7 Å². The second-order valence-corrected chi connectivity index (χ2v) is 3.10. The Bertz CT molecular complexity index is 198. The fourth-order valence-electron chi connectivity index (χ4n) is 1.45. The Kier molecular flexibility index (Phi) is 3.54. The number of carbonyl (C=O) groups excluding carboxylic acids is 1. The summed E-state index contributed by atoms with van der Waals surface area (Å²) >= 11 is 0. The Labute approximate surface area is 76.1 Å². The van der Waals surface area contributed by atoms with Crippen molar-refractivity contribution in [2.75, 3.05) is 0 Å². The van der Waals surface area contributed by atoms with E-state index in [0.29, 0.717) is 0 Å². The molecule has 1 aliphatic rings. The summed E-state index contributed by atoms with van der Waals surface area (Å²) in [6.45, 7) is 0. The van der Waals surface area contributed by atoms with Gasteiger partial charge in [0.25, 0.3) is 0 Å². The van der Waals surface area contributed by atoms with Crippen molar-refractivity contribution in [3.05, 3.63) is 0 Å². The van der Waals surface area contributed by atoms with Crippen LogP contribution in [0, 0.1) is 0 Å². The summed E-state index contributed by atoms with van der Waals surface area (Å²) in [6.07, 6.45) is 2.60. The van der Waals surface area contributed by atoms with Crippen LogP contribution < -0.4 is 5.32 Å². The summed E-state index contributed by atoms with van der Waals surface area (Å²) in [7, 11) is 0. The standard InChI is InChI=1S/C8H13NO4/c10-7(11)9-8(12)13-6-4-2-1-3-5-6/h6H,1-5H2,(H,9,12)(H,10,11). The highest BCUT2D eigenvalue weighted by Gasteiger charge is 2.18. The van der Waals surface area contributed by atoms with E-state index in [0.717, 1.165) is 25.7 Å². The molecule has 2 N–H and O–H groups in total. The van der Waals surface area contributed by atoms with Crippen LogP contribution in [0.1, 0.15) is 32.1 Å². The first-order valence-corrected chi connectivity index (χ1v) is 4.39. The molecule has 0 aromatic heterocycles. The zero-order chi connectivity index (χ0) is 9.68. The second kappa shape index (κ2) is 4.69. The van der Waals surface area contributed by atoms with Crippen LogP contribution >= 0.6 is 0 Å². The molecule has 13 heavy (non-hydrogen) atoms. The van der Waals surface area contributed by atoms with Crippen LogP contribution in [0.5, 0.6) is 0 Å². The molecule has 0 spiro atoms. The maximum Gasteiger partial charge on any atom is 0.416 e. The molecule has 0 radical (unpaired) electrons. The fourth-order valence-corrected chi connectivity index (χ4v) is 1.45. The molecule has 2 amide bonds. The summed E-state index contributed by atoms with van der Waals surface area (Å²) < 4.78 is 4.87. The largest absolute Gasteiger partial charge is 0.465 e. The first-order chi connectivity index (χ1) is 6.18. The number of hydrogen-bond acceptors (Lipinski definition) is 3. The normalized spacial score (nSPS) is 17.8. The summed E-state index contributed by atoms with van der Waals surface area (Å²) in [5.74, 6) is 0. The van der Waals surface area contributed by atoms with Gasteiger partial charge in [0.2, 0.25) is 0 Å². The van der Waals surface area contributed by atoms with Gasteiger partial charge in [0.05, 0.1) is 0 Å². The summed E-state index contributed by atoms with van der Waals surface area (Å²) in [5, 5.41) is 9.85. The number of imide groups is 1. The Morgan fingerprint density at radius 1 is 1.23 bits per heavy atom. The molecular formula is C8H13NO4. The smallest absolute Gasteiger partial charge is 0.416 e. The minimum atomic E-state index is -1.37. The van der Waals surface area contributed by atoms with E-state index in [4.69, 9.17) is 9.84 Å². The summed E-state index contributed by atoms with van der Waals surface area (Å²) in [5.41, 5.74) is 0. The SMILES string of the molecule is O=C(O)NC(=O)OC1CCCCC1. The number of carboxylic acid groups (broad SMARTS) is 1. The lowest BCUT2D eigenvalue weighted by Crippen LogP contribution is -2.33. The number of ether oxygens (including phenoxy) is 1. The Morgan fingerprint density at radius 2 is 1.85 bits per heavy atom. The van der Waals surface area contributed by atoms with E-state index in [1.165, 1.54) is 6.42 Å². The number of nitrogens with one attached hydrogen (secondary N) is 1. The van der Waals surface area contributed by atoms with Gasteiger partial charge in [-0.3, -0.25) is 0 Å². The van der Waals surface area contributed by atoms with Crippen molar-refractivity contribution in [3.63, 3.8) is 0 Å². The van der Waals surface area contributed by atoms with Gasteiger partial charge in [-0.25, -0.2) is 14.9 Å². The van der Waals surface area contributed by atoms with Crippen LogP contribution in [-0.4, -0.2) is 23.4 Å². The molecular weight excluding hydrogens is 174 g/mol. The molecule has 0 unspecified atom stereocenters. The number of alkyl carbamates (subject to hydrolysis) is 1. The monoisotopic (exact) mass is 187 g/mol. The molecule has 0 heterocycles. The molecule has 0 bridgehead atoms. The Hall–Kier alpha value is -1.26. The highest BCUT2D eigenvalue weighted by molar-refractivity contribution is 5.86. The second-order valence-electron chi connectivity index (χ2n) is 3.10. The quantitative estimate of drug-likeness (QED) is 0.655. The van der Waals surface area contributed by atoms with Crippen LogP contribution in [0.2, 0.25) is 0 Å². The zero-order valence-electron chi connectivity index (χ0n) is 7.28. The Morgan fingerprint density at radius 3 is 2.38 bits per heavy atom. The predicted octanol–water partition coefficient (Wildman–Crippen LogP) is 1.72. The molecule has 1 fully saturated rings. The van der Waals surface area contributed by atoms with Gasteiger partial charge in [-0.15, -0.1) is 0 Å². The van der Waals surface area contributed by atoms with E-state index in [-0.39, 0.29) is 6.10 Å². The third-order valence-corrected chi connectivity index (χ3v) is 2.03. The van der Waals surface area contributed by atoms with E-state index in [9.17, 15) is 9.59 Å². The zero-order valence-corrected chi connectivity index (χ0v) is 7.28. The van der Waals surface area contributed by atoms with Gasteiger partial charge >= 0.3 is 12.2 Å². The van der Waals surface area contributed by atoms with Crippen LogP contribution in [0.15, 0.2) is 0 Å². The molecule has 1 rings (SSSR count). The summed E-state index contributed by atoms with van der Waals surface area (Å²) in [4.78, 5) is 20.8. The van der Waals surface area contributed by atoms with Crippen molar-refractivity contribution >= 4 is 12.2 Å². The van der Waals surface area contributed by atoms with Crippen LogP contribution in [0.25, 0.3) is 0 Å². The average molecular weight is 187 g/mol. The third-order valence-electron chi connectivity index (χ3n) is 2.03. The van der Waals surface area contributed by atoms with Gasteiger partial charge in [0, 0.05) is 0 Å². The number of hydrogen-bond donors (Lipinski definition) is 2. The Balaban J connectivity index is 2.22. The lowest BCUT2D eigenvalue weighted by molar-refractivity contribution is 0.0751. The van der Waals surface area contributed by atoms with Gasteiger partial charge in [-0.1, -0.05) is 6.42 Å². The van der Waals surface area contributed by atoms with Gasteiger partial charge in [-0.2, -0.15) is 0 Å². The highest BCUT2D eigenvalue weighted by Crippen LogP contribution is 2.20. The lowest BCUT2D eigenvalue weighted by atomic mass is 9.98. The van der Waals surface area contributed by atoms with Crippen molar-refractivity contribution in [3.8, 4) is 0 Å². The first kappa shape index (κ1) is 9.83. The van der Waals surface area contributed by atoms with Crippen molar-refractivity contribution in [2.24, 2.45) is 0 Å². The van der Waals surface area contributed by atoms with E-state index in [1.54, 1.807) is 5.32 Å².